The van der Waals surface area contributed by atoms with Gasteiger partial charge in [0.05, 0.1) is 0 Å². The molecule has 6 heteroatoms. The van der Waals surface area contributed by atoms with Crippen molar-refractivity contribution in [3.63, 3.8) is 0 Å². The number of epoxide rings is 2. The zero-order valence-electron chi connectivity index (χ0n) is 16.8. The van der Waals surface area contributed by atoms with Crippen molar-refractivity contribution in [2.24, 2.45) is 0 Å². The lowest BCUT2D eigenvalue weighted by molar-refractivity contribution is 0.0000936. The van der Waals surface area contributed by atoms with E-state index in [0.29, 0.717) is 0 Å². The number of fused-ring (bicyclic) bond motifs is 14. The molecule has 0 amide bonds. The van der Waals surface area contributed by atoms with E-state index in [1.165, 1.54) is 0 Å². The van der Waals surface area contributed by atoms with E-state index >= 15 is 0 Å². The summed E-state index contributed by atoms with van der Waals surface area (Å²) in [6.45, 7) is 0. The van der Waals surface area contributed by atoms with Crippen LogP contribution >= 0.6 is 0 Å². The molecular weight excluding hydrogens is 408 g/mol. The lowest BCUT2D eigenvalue weighted by Crippen LogP contribution is -2.29. The third-order valence-corrected chi connectivity index (χ3v) is 7.89. The van der Waals surface area contributed by atoms with Gasteiger partial charge >= 0.3 is 0 Å². The van der Waals surface area contributed by atoms with Crippen LogP contribution in [-0.4, -0.2) is 44.8 Å². The normalized spacial score (nSPS) is 36.5. The Kier molecular flexibility index (Phi) is 3.17. The van der Waals surface area contributed by atoms with E-state index in [1.807, 2.05) is 36.4 Å². The number of hydrogen-bond donors (Lipinski definition) is 4. The molecule has 2 aliphatic heterocycles. The van der Waals surface area contributed by atoms with Crippen LogP contribution in [0.2, 0.25) is 0 Å². The van der Waals surface area contributed by atoms with Crippen molar-refractivity contribution in [2.45, 2.75) is 48.8 Å². The maximum atomic E-state index is 10.7. The molecule has 4 N–H and O–H groups in total. The van der Waals surface area contributed by atoms with Crippen LogP contribution in [0.3, 0.4) is 0 Å². The SMILES string of the molecule is O[C@@H]1[C@H]2O[C@H]2c2c(ccc3c4ccc5c(c4c4ccccc4c23)[C@@H]2O[C@@H]2[C@H](O)[C@H]5O)[C@H]1O. The Morgan fingerprint density at radius 2 is 0.938 bits per heavy atom. The molecular formula is C26H20O6. The van der Waals surface area contributed by atoms with E-state index in [1.54, 1.807) is 0 Å². The van der Waals surface area contributed by atoms with Crippen LogP contribution in [0.25, 0.3) is 32.3 Å². The molecule has 160 valence electrons. The Morgan fingerprint density at radius 3 is 1.38 bits per heavy atom. The maximum Gasteiger partial charge on any atom is 0.118 e. The molecule has 2 fully saturated rings. The third-order valence-electron chi connectivity index (χ3n) is 7.89. The minimum absolute atomic E-state index is 0.223. The van der Waals surface area contributed by atoms with Crippen molar-refractivity contribution < 1.29 is 29.9 Å². The highest BCUT2D eigenvalue weighted by Gasteiger charge is 2.56. The molecule has 2 aliphatic carbocycles. The third kappa shape index (κ3) is 1.98. The van der Waals surface area contributed by atoms with Gasteiger partial charge in [0.25, 0.3) is 0 Å². The van der Waals surface area contributed by atoms with Gasteiger partial charge in [-0.2, -0.15) is 0 Å². The minimum atomic E-state index is -0.978. The molecule has 4 aromatic rings. The average Bonchev–Trinajstić information content (AvgIpc) is 3.73. The van der Waals surface area contributed by atoms with Gasteiger partial charge < -0.3 is 29.9 Å². The number of hydrogen-bond acceptors (Lipinski definition) is 6. The summed E-state index contributed by atoms with van der Waals surface area (Å²) in [5, 5.41) is 48.4. The number of aliphatic hydroxyl groups is 4. The quantitative estimate of drug-likeness (QED) is 0.254. The largest absolute Gasteiger partial charge is 0.387 e. The van der Waals surface area contributed by atoms with Crippen LogP contribution in [0.4, 0.5) is 0 Å². The lowest BCUT2D eigenvalue weighted by Gasteiger charge is -2.27. The Hall–Kier alpha value is -2.58. The van der Waals surface area contributed by atoms with E-state index in [2.05, 4.69) is 12.1 Å². The Morgan fingerprint density at radius 1 is 0.531 bits per heavy atom. The van der Waals surface area contributed by atoms with Gasteiger partial charge in [-0.15, -0.1) is 0 Å². The summed E-state index contributed by atoms with van der Waals surface area (Å²) in [6.07, 6.45) is -4.99. The fourth-order valence-electron chi connectivity index (χ4n) is 6.31. The van der Waals surface area contributed by atoms with Crippen molar-refractivity contribution in [1.29, 1.82) is 0 Å². The van der Waals surface area contributed by atoms with Gasteiger partial charge in [0.15, 0.2) is 0 Å². The van der Waals surface area contributed by atoms with Crippen LogP contribution in [-0.2, 0) is 9.47 Å². The summed E-state index contributed by atoms with van der Waals surface area (Å²) >= 11 is 0. The highest BCUT2D eigenvalue weighted by atomic mass is 16.6. The summed E-state index contributed by atoms with van der Waals surface area (Å²) in [6, 6.07) is 15.9. The molecule has 4 aliphatic rings. The first-order valence-corrected chi connectivity index (χ1v) is 11.0. The van der Waals surface area contributed by atoms with Crippen molar-refractivity contribution in [1.82, 2.24) is 0 Å². The molecule has 0 bridgehead atoms. The molecule has 0 spiro atoms. The van der Waals surface area contributed by atoms with Crippen LogP contribution in [0, 0.1) is 0 Å². The molecule has 8 rings (SSSR count). The molecule has 32 heavy (non-hydrogen) atoms. The van der Waals surface area contributed by atoms with Crippen molar-refractivity contribution in [3.05, 3.63) is 70.8 Å². The van der Waals surface area contributed by atoms with E-state index in [-0.39, 0.29) is 24.4 Å². The van der Waals surface area contributed by atoms with Gasteiger partial charge in [0.1, 0.15) is 48.8 Å². The van der Waals surface area contributed by atoms with Crippen LogP contribution in [0.5, 0.6) is 0 Å². The summed E-state index contributed by atoms with van der Waals surface area (Å²) in [5.74, 6) is 0. The van der Waals surface area contributed by atoms with E-state index in [9.17, 15) is 20.4 Å². The summed E-state index contributed by atoms with van der Waals surface area (Å²) < 4.78 is 11.6. The van der Waals surface area contributed by atoms with E-state index < -0.39 is 24.4 Å². The molecule has 2 heterocycles. The van der Waals surface area contributed by atoms with Gasteiger partial charge in [0.2, 0.25) is 0 Å². The molecule has 8 atom stereocenters. The summed E-state index contributed by atoms with van der Waals surface area (Å²) in [7, 11) is 0. The number of ether oxygens (including phenoxy) is 2. The first kappa shape index (κ1) is 17.9. The van der Waals surface area contributed by atoms with Gasteiger partial charge in [-0.3, -0.25) is 0 Å². The monoisotopic (exact) mass is 428 g/mol. The molecule has 2 saturated heterocycles. The fourth-order valence-corrected chi connectivity index (χ4v) is 6.31. The second-order valence-electron chi connectivity index (χ2n) is 9.44. The summed E-state index contributed by atoms with van der Waals surface area (Å²) in [5.41, 5.74) is 3.35. The van der Waals surface area contributed by atoms with Gasteiger partial charge in [0, 0.05) is 0 Å². The van der Waals surface area contributed by atoms with Crippen LogP contribution in [0.1, 0.15) is 46.7 Å². The maximum absolute atomic E-state index is 10.7. The fraction of sp³-hybridized carbons (Fsp3) is 0.308. The molecule has 0 unspecified atom stereocenters. The van der Waals surface area contributed by atoms with Gasteiger partial charge in [-0.05, 0) is 54.6 Å². The topological polar surface area (TPSA) is 106 Å². The van der Waals surface area contributed by atoms with E-state index in [4.69, 9.17) is 9.47 Å². The smallest absolute Gasteiger partial charge is 0.118 e. The molecule has 0 aromatic heterocycles. The number of benzene rings is 4. The predicted octanol–water partition coefficient (Wildman–Crippen LogP) is 2.84. The highest BCUT2D eigenvalue weighted by Crippen LogP contribution is 2.57. The molecule has 0 saturated carbocycles. The van der Waals surface area contributed by atoms with Crippen molar-refractivity contribution >= 4 is 32.3 Å². The average molecular weight is 428 g/mol. The van der Waals surface area contributed by atoms with Crippen molar-refractivity contribution in [2.75, 3.05) is 0 Å². The highest BCUT2D eigenvalue weighted by molar-refractivity contribution is 6.27. The zero-order chi connectivity index (χ0) is 21.5. The van der Waals surface area contributed by atoms with E-state index in [0.717, 1.165) is 54.6 Å². The Bertz CT molecular complexity index is 1360. The van der Waals surface area contributed by atoms with Crippen LogP contribution < -0.4 is 0 Å². The standard InChI is InChI=1S/C26H20O6/c27-19-13-7-5-11-12-6-8-14-18(24-26(32-24)22(30)20(14)28)16(12)10-4-2-1-3-9(10)15(11)17(13)23-25(31-23)21(19)29/h1-8,19-30H/t19-,20+,21+,22-,23-,24-,25+,26+/m0/s1. The van der Waals surface area contributed by atoms with Gasteiger partial charge in [-0.1, -0.05) is 48.5 Å². The second kappa shape index (κ2) is 5.66. The molecule has 6 nitrogen and oxygen atoms in total. The molecule has 0 radical (unpaired) electrons. The number of rotatable bonds is 0. The van der Waals surface area contributed by atoms with Crippen LogP contribution in [0.15, 0.2) is 48.5 Å². The second-order valence-corrected chi connectivity index (χ2v) is 9.44. The first-order chi connectivity index (χ1) is 15.6. The Balaban J connectivity index is 1.56. The predicted molar refractivity (Wildman–Crippen MR) is 116 cm³/mol. The molecule has 4 aromatic carbocycles. The Labute approximate surface area is 182 Å². The zero-order valence-corrected chi connectivity index (χ0v) is 16.8. The van der Waals surface area contributed by atoms with Gasteiger partial charge in [-0.25, -0.2) is 0 Å². The summed E-state index contributed by atoms with van der Waals surface area (Å²) in [4.78, 5) is 0. The minimum Gasteiger partial charge on any atom is -0.387 e. The lowest BCUT2D eigenvalue weighted by atomic mass is 9.78. The number of aliphatic hydroxyl groups excluding tert-OH is 4. The first-order valence-electron chi connectivity index (χ1n) is 11.0. The van der Waals surface area contributed by atoms with Crippen molar-refractivity contribution in [3.8, 4) is 0 Å².